The van der Waals surface area contributed by atoms with Crippen LogP contribution in [0.25, 0.3) is 6.08 Å². The summed E-state index contributed by atoms with van der Waals surface area (Å²) < 4.78 is 26.4. The van der Waals surface area contributed by atoms with Crippen LogP contribution in [0.5, 0.6) is 0 Å². The van der Waals surface area contributed by atoms with Crippen LogP contribution in [-0.2, 0) is 14.8 Å². The van der Waals surface area contributed by atoms with Gasteiger partial charge in [-0.2, -0.15) is 4.31 Å². The summed E-state index contributed by atoms with van der Waals surface area (Å²) in [6.45, 7) is 3.17. The lowest BCUT2D eigenvalue weighted by Gasteiger charge is -2.36. The predicted octanol–water partition coefficient (Wildman–Crippen LogP) is 0.981. The fourth-order valence-electron chi connectivity index (χ4n) is 2.99. The summed E-state index contributed by atoms with van der Waals surface area (Å²) >= 11 is 0. The highest BCUT2D eigenvalue weighted by Crippen LogP contribution is 2.18. The van der Waals surface area contributed by atoms with Gasteiger partial charge in [-0.1, -0.05) is 30.3 Å². The van der Waals surface area contributed by atoms with Gasteiger partial charge in [-0.15, -0.1) is 0 Å². The molecule has 2 N–H and O–H groups in total. The molecule has 1 aromatic rings. The molecule has 28 heavy (non-hydrogen) atoms. The molecule has 1 aliphatic heterocycles. The minimum Gasteiger partial charge on any atom is -0.335 e. The molecule has 0 radical (unpaired) electrons. The van der Waals surface area contributed by atoms with Gasteiger partial charge in [0.2, 0.25) is 15.9 Å². The van der Waals surface area contributed by atoms with Crippen molar-refractivity contribution in [3.8, 4) is 0 Å². The Hall–Kier alpha value is -2.23. The second kappa shape index (κ2) is 8.85. The highest BCUT2D eigenvalue weighted by Gasteiger charge is 2.31. The third-order valence-electron chi connectivity index (χ3n) is 4.94. The normalized spacial score (nSPS) is 20.0. The Bertz CT molecular complexity index is 829. The van der Waals surface area contributed by atoms with Gasteiger partial charge in [0.15, 0.2) is 0 Å². The Morgan fingerprint density at radius 3 is 2.36 bits per heavy atom. The minimum absolute atomic E-state index is 0.181. The first-order valence-corrected chi connectivity index (χ1v) is 10.9. The maximum absolute atomic E-state index is 12.5. The van der Waals surface area contributed by atoms with E-state index in [0.29, 0.717) is 26.2 Å². The average molecular weight is 407 g/mol. The van der Waals surface area contributed by atoms with Crippen LogP contribution in [0.2, 0.25) is 0 Å². The second-order valence-electron chi connectivity index (χ2n) is 7.11. The molecule has 2 fully saturated rings. The standard InChI is InChI=1S/C19H26N4O4S/c1-15(18(24)21-19(25)20-17-7-8-17)22-10-12-23(13-11-22)28(26,27)14-9-16-5-3-2-4-6-16/h2-6,9,14-15,17H,7-8,10-13H2,1H3,(H2,20,21,24,25)/b14-9+. The summed E-state index contributed by atoms with van der Waals surface area (Å²) in [6, 6.07) is 8.46. The third kappa shape index (κ3) is 5.63. The van der Waals surface area contributed by atoms with Gasteiger partial charge < -0.3 is 5.32 Å². The number of sulfonamides is 1. The molecule has 1 heterocycles. The topological polar surface area (TPSA) is 98.8 Å². The summed E-state index contributed by atoms with van der Waals surface area (Å²) in [5, 5.41) is 6.29. The molecule has 1 unspecified atom stereocenters. The zero-order valence-corrected chi connectivity index (χ0v) is 16.7. The van der Waals surface area contributed by atoms with Crippen LogP contribution in [0.4, 0.5) is 4.79 Å². The summed E-state index contributed by atoms with van der Waals surface area (Å²) in [7, 11) is -3.52. The van der Waals surface area contributed by atoms with Gasteiger partial charge in [0, 0.05) is 37.6 Å². The van der Waals surface area contributed by atoms with E-state index in [1.165, 1.54) is 9.71 Å². The van der Waals surface area contributed by atoms with Crippen LogP contribution in [0, 0.1) is 0 Å². The average Bonchev–Trinajstić information content (AvgIpc) is 3.50. The summed E-state index contributed by atoms with van der Waals surface area (Å²) in [5.41, 5.74) is 0.819. The fraction of sp³-hybridized carbons (Fsp3) is 0.474. The van der Waals surface area contributed by atoms with Gasteiger partial charge in [0.1, 0.15) is 0 Å². The molecule has 1 saturated heterocycles. The van der Waals surface area contributed by atoms with Gasteiger partial charge in [-0.25, -0.2) is 13.2 Å². The molecule has 1 aliphatic carbocycles. The number of carbonyl (C=O) groups is 2. The summed E-state index contributed by atoms with van der Waals surface area (Å²) in [6.07, 6.45) is 3.48. The van der Waals surface area contributed by atoms with Crippen molar-refractivity contribution in [2.75, 3.05) is 26.2 Å². The molecule has 1 aromatic carbocycles. The van der Waals surface area contributed by atoms with E-state index in [2.05, 4.69) is 10.6 Å². The van der Waals surface area contributed by atoms with Gasteiger partial charge >= 0.3 is 6.03 Å². The molecule has 0 aromatic heterocycles. The lowest BCUT2D eigenvalue weighted by molar-refractivity contribution is -0.125. The summed E-state index contributed by atoms with van der Waals surface area (Å²) in [5.74, 6) is -0.376. The largest absolute Gasteiger partial charge is 0.335 e. The lowest BCUT2D eigenvalue weighted by Crippen LogP contribution is -2.56. The quantitative estimate of drug-likeness (QED) is 0.734. The number of benzene rings is 1. The Morgan fingerprint density at radius 1 is 1.11 bits per heavy atom. The third-order valence-corrected chi connectivity index (χ3v) is 6.51. The van der Waals surface area contributed by atoms with Crippen molar-refractivity contribution in [2.45, 2.75) is 31.8 Å². The van der Waals surface area contributed by atoms with Crippen molar-refractivity contribution in [3.05, 3.63) is 41.3 Å². The highest BCUT2D eigenvalue weighted by molar-refractivity contribution is 7.92. The zero-order valence-electron chi connectivity index (χ0n) is 15.9. The Balaban J connectivity index is 1.49. The van der Waals surface area contributed by atoms with Crippen LogP contribution >= 0.6 is 0 Å². The van der Waals surface area contributed by atoms with E-state index in [4.69, 9.17) is 0 Å². The maximum Gasteiger partial charge on any atom is 0.321 e. The second-order valence-corrected chi connectivity index (χ2v) is 8.92. The van der Waals surface area contributed by atoms with Crippen molar-refractivity contribution in [1.82, 2.24) is 19.8 Å². The van der Waals surface area contributed by atoms with E-state index in [9.17, 15) is 18.0 Å². The van der Waals surface area contributed by atoms with E-state index >= 15 is 0 Å². The van der Waals surface area contributed by atoms with Crippen molar-refractivity contribution >= 4 is 28.0 Å². The summed E-state index contributed by atoms with van der Waals surface area (Å²) in [4.78, 5) is 25.8. The predicted molar refractivity (Wildman–Crippen MR) is 107 cm³/mol. The fourth-order valence-corrected chi connectivity index (χ4v) is 4.16. The number of hydrogen-bond acceptors (Lipinski definition) is 5. The smallest absolute Gasteiger partial charge is 0.321 e. The van der Waals surface area contributed by atoms with Gasteiger partial charge in [0.25, 0.3) is 0 Å². The number of nitrogens with one attached hydrogen (secondary N) is 2. The van der Waals surface area contributed by atoms with Gasteiger partial charge in [-0.3, -0.25) is 15.0 Å². The van der Waals surface area contributed by atoms with E-state index < -0.39 is 22.1 Å². The molecule has 3 amide bonds. The minimum atomic E-state index is -3.52. The number of amides is 3. The van der Waals surface area contributed by atoms with Crippen molar-refractivity contribution in [1.29, 1.82) is 0 Å². The zero-order chi connectivity index (χ0) is 20.1. The Labute approximate surface area is 165 Å². The highest BCUT2D eigenvalue weighted by atomic mass is 32.2. The molecular formula is C19H26N4O4S. The van der Waals surface area contributed by atoms with Crippen LogP contribution in [-0.4, -0.2) is 67.8 Å². The molecule has 3 rings (SSSR count). The molecule has 0 bridgehead atoms. The molecule has 2 aliphatic rings. The molecule has 9 heteroatoms. The lowest BCUT2D eigenvalue weighted by atomic mass is 10.2. The first-order chi connectivity index (χ1) is 13.3. The maximum atomic E-state index is 12.5. The molecule has 1 saturated carbocycles. The van der Waals surface area contributed by atoms with Gasteiger partial charge in [-0.05, 0) is 31.4 Å². The van der Waals surface area contributed by atoms with Crippen LogP contribution in [0.1, 0.15) is 25.3 Å². The molecular weight excluding hydrogens is 380 g/mol. The number of rotatable bonds is 6. The number of urea groups is 1. The van der Waals surface area contributed by atoms with E-state index in [1.807, 2.05) is 35.2 Å². The first kappa shape index (κ1) is 20.5. The number of imide groups is 1. The number of carbonyl (C=O) groups excluding carboxylic acids is 2. The van der Waals surface area contributed by atoms with Gasteiger partial charge in [0.05, 0.1) is 6.04 Å². The first-order valence-electron chi connectivity index (χ1n) is 9.44. The van der Waals surface area contributed by atoms with E-state index in [-0.39, 0.29) is 11.9 Å². The number of piperazine rings is 1. The van der Waals surface area contributed by atoms with Crippen LogP contribution in [0.3, 0.4) is 0 Å². The molecule has 1 atom stereocenters. The number of nitrogens with zero attached hydrogens (tertiary/aromatic N) is 2. The van der Waals surface area contributed by atoms with Crippen LogP contribution < -0.4 is 10.6 Å². The SMILES string of the molecule is CC(C(=O)NC(=O)NC1CC1)N1CCN(S(=O)(=O)/C=C/c2ccccc2)CC1. The van der Waals surface area contributed by atoms with Crippen molar-refractivity contribution in [3.63, 3.8) is 0 Å². The molecule has 152 valence electrons. The monoisotopic (exact) mass is 406 g/mol. The van der Waals surface area contributed by atoms with Crippen molar-refractivity contribution in [2.24, 2.45) is 0 Å². The molecule has 0 spiro atoms. The Morgan fingerprint density at radius 2 is 1.75 bits per heavy atom. The number of hydrogen-bond donors (Lipinski definition) is 2. The van der Waals surface area contributed by atoms with Crippen molar-refractivity contribution < 1.29 is 18.0 Å². The van der Waals surface area contributed by atoms with E-state index in [0.717, 1.165) is 18.4 Å². The van der Waals surface area contributed by atoms with Crippen LogP contribution in [0.15, 0.2) is 35.7 Å². The Kier molecular flexibility index (Phi) is 6.48. The molecule has 8 nitrogen and oxygen atoms in total. The van der Waals surface area contributed by atoms with E-state index in [1.54, 1.807) is 13.0 Å².